The lowest BCUT2D eigenvalue weighted by atomic mass is 9.79. The van der Waals surface area contributed by atoms with Crippen molar-refractivity contribution in [3.63, 3.8) is 0 Å². The van der Waals surface area contributed by atoms with Gasteiger partial charge in [-0.25, -0.2) is 0 Å². The van der Waals surface area contributed by atoms with Gasteiger partial charge in [-0.3, -0.25) is 0 Å². The molecule has 0 N–H and O–H groups in total. The molecule has 8 aromatic rings. The Kier molecular flexibility index (Phi) is 7.75. The average Bonchev–Trinajstić information content (AvgIpc) is 3.76. The van der Waals surface area contributed by atoms with Crippen molar-refractivity contribution in [2.45, 2.75) is 90.9 Å². The summed E-state index contributed by atoms with van der Waals surface area (Å²) in [6.07, 6.45) is 0. The van der Waals surface area contributed by atoms with Crippen molar-refractivity contribution in [2.24, 2.45) is 0 Å². The highest BCUT2D eigenvalue weighted by Gasteiger charge is 2.38. The second-order valence-electron chi connectivity index (χ2n) is 19.9. The first kappa shape index (κ1) is 36.5. The van der Waals surface area contributed by atoms with Crippen LogP contribution in [0.4, 0.5) is 17.1 Å². The van der Waals surface area contributed by atoms with Crippen molar-refractivity contribution in [1.82, 2.24) is 0 Å². The first-order chi connectivity index (χ1) is 27.5. The maximum Gasteiger partial charge on any atom is 0.139 e. The summed E-state index contributed by atoms with van der Waals surface area (Å²) in [5.74, 6) is 0. The molecule has 0 saturated carbocycles. The Morgan fingerprint density at radius 3 is 1.67 bits per heavy atom. The summed E-state index contributed by atoms with van der Waals surface area (Å²) in [7, 11) is 0. The third-order valence-corrected chi connectivity index (χ3v) is 13.4. The van der Waals surface area contributed by atoms with Crippen molar-refractivity contribution in [3.05, 3.63) is 173 Å². The van der Waals surface area contributed by atoms with Crippen LogP contribution in [0.1, 0.15) is 103 Å². The van der Waals surface area contributed by atoms with Crippen molar-refractivity contribution in [1.29, 1.82) is 0 Å². The van der Waals surface area contributed by atoms with Gasteiger partial charge in [-0.05, 0) is 109 Å². The van der Waals surface area contributed by atoms with Crippen LogP contribution in [0.3, 0.4) is 0 Å². The van der Waals surface area contributed by atoms with Gasteiger partial charge in [0.2, 0.25) is 0 Å². The molecule has 58 heavy (non-hydrogen) atoms. The molecule has 0 bridgehead atoms. The Morgan fingerprint density at radius 2 is 1.02 bits per heavy atom. The fraction of sp³-hybridized carbons (Fsp3) is 0.250. The van der Waals surface area contributed by atoms with E-state index in [9.17, 15) is 0 Å². The highest BCUT2D eigenvalue weighted by molar-refractivity contribution is 6.08. The maximum absolute atomic E-state index is 6.61. The second-order valence-corrected chi connectivity index (χ2v) is 19.9. The summed E-state index contributed by atoms with van der Waals surface area (Å²) in [5, 5.41) is 2.30. The first-order valence-electron chi connectivity index (χ1n) is 20.9. The van der Waals surface area contributed by atoms with E-state index >= 15 is 0 Å². The van der Waals surface area contributed by atoms with Crippen molar-refractivity contribution in [2.75, 3.05) is 4.90 Å². The Morgan fingerprint density at radius 1 is 0.448 bits per heavy atom. The van der Waals surface area contributed by atoms with Gasteiger partial charge in [-0.2, -0.15) is 0 Å². The third kappa shape index (κ3) is 5.37. The molecule has 2 heteroatoms. The van der Waals surface area contributed by atoms with E-state index in [-0.39, 0.29) is 21.7 Å². The lowest BCUT2D eigenvalue weighted by Gasteiger charge is -2.31. The molecule has 2 aliphatic carbocycles. The number of nitrogens with zero attached hydrogens (tertiary/aromatic N) is 1. The lowest BCUT2D eigenvalue weighted by molar-refractivity contribution is 0.573. The summed E-state index contributed by atoms with van der Waals surface area (Å²) in [5.41, 5.74) is 20.9. The lowest BCUT2D eigenvalue weighted by Crippen LogP contribution is -2.19. The number of hydrogen-bond donors (Lipinski definition) is 0. The number of para-hydroxylation sites is 2. The van der Waals surface area contributed by atoms with E-state index in [1.165, 1.54) is 61.2 Å². The molecule has 0 radical (unpaired) electrons. The zero-order valence-corrected chi connectivity index (χ0v) is 35.6. The SMILES string of the molecule is CC(C)(C)c1ccc2c(c1)C(C)(C)c1cc(N(c3ccc4c(c3)C(C)(C)c3ccccc3-4)c3ccccc3-c3ccc4oc5c(C(C)(C)C)cccc5c4c3)ccc1-2. The molecule has 288 valence electrons. The van der Waals surface area contributed by atoms with Crippen LogP contribution in [0.2, 0.25) is 0 Å². The van der Waals surface area contributed by atoms with E-state index < -0.39 is 0 Å². The van der Waals surface area contributed by atoms with Crippen LogP contribution in [0.5, 0.6) is 0 Å². The topological polar surface area (TPSA) is 16.4 Å². The Bertz CT molecular complexity index is 2970. The third-order valence-electron chi connectivity index (χ3n) is 13.4. The van der Waals surface area contributed by atoms with Crippen LogP contribution in [0.15, 0.2) is 144 Å². The number of hydrogen-bond acceptors (Lipinski definition) is 2. The molecule has 10 rings (SSSR count). The normalized spacial score (nSPS) is 15.0. The van der Waals surface area contributed by atoms with Crippen LogP contribution >= 0.6 is 0 Å². The van der Waals surface area contributed by atoms with Gasteiger partial charge < -0.3 is 9.32 Å². The van der Waals surface area contributed by atoms with Gasteiger partial charge in [0.1, 0.15) is 11.2 Å². The van der Waals surface area contributed by atoms with E-state index in [0.717, 1.165) is 44.6 Å². The molecule has 0 fully saturated rings. The number of benzene rings is 7. The van der Waals surface area contributed by atoms with E-state index in [1.54, 1.807) is 0 Å². The number of anilines is 3. The minimum atomic E-state index is -0.159. The summed E-state index contributed by atoms with van der Waals surface area (Å²) in [6.45, 7) is 23.2. The Balaban J connectivity index is 1.18. The average molecular weight is 756 g/mol. The predicted molar refractivity (Wildman–Crippen MR) is 246 cm³/mol. The molecule has 1 aromatic heterocycles. The number of rotatable bonds is 4. The largest absolute Gasteiger partial charge is 0.456 e. The summed E-state index contributed by atoms with van der Waals surface area (Å²) in [6, 6.07) is 52.6. The molecular weight excluding hydrogens is 703 g/mol. The standard InChI is InChI=1S/C56H53NO/c1-53(2,3)35-23-26-40-42-28-25-37(33-49(42)56(9,10)47(40)31-35)57(36-24-27-41-39-17-11-13-19-45(39)55(7,8)48(41)32-36)50-21-14-12-16-38(50)34-22-29-51-44(30-34)43-18-15-20-46(52(43)58-51)54(4,5)6/h11-33H,1-10H3. The predicted octanol–water partition coefficient (Wildman–Crippen LogP) is 15.9. The summed E-state index contributed by atoms with van der Waals surface area (Å²) in [4.78, 5) is 2.50. The van der Waals surface area contributed by atoms with E-state index in [4.69, 9.17) is 4.42 Å². The molecule has 2 aliphatic rings. The quantitative estimate of drug-likeness (QED) is 0.178. The van der Waals surface area contributed by atoms with E-state index in [2.05, 4.69) is 214 Å². The minimum absolute atomic E-state index is 0.0320. The van der Waals surface area contributed by atoms with Crippen molar-refractivity contribution in [3.8, 4) is 33.4 Å². The highest BCUT2D eigenvalue weighted by Crippen LogP contribution is 2.54. The van der Waals surface area contributed by atoms with E-state index in [1.807, 2.05) is 0 Å². The molecule has 0 aliphatic heterocycles. The van der Waals surface area contributed by atoms with Crippen LogP contribution in [-0.4, -0.2) is 0 Å². The van der Waals surface area contributed by atoms with Gasteiger partial charge >= 0.3 is 0 Å². The van der Waals surface area contributed by atoms with Crippen molar-refractivity contribution < 1.29 is 4.42 Å². The molecule has 7 aromatic carbocycles. The molecule has 0 unspecified atom stereocenters. The zero-order valence-electron chi connectivity index (χ0n) is 35.6. The minimum Gasteiger partial charge on any atom is -0.456 e. The molecule has 0 amide bonds. The molecule has 0 saturated heterocycles. The van der Waals surface area contributed by atoms with Crippen LogP contribution < -0.4 is 4.90 Å². The molecule has 2 nitrogen and oxygen atoms in total. The second kappa shape index (κ2) is 12.3. The van der Waals surface area contributed by atoms with Gasteiger partial charge in [-0.15, -0.1) is 0 Å². The van der Waals surface area contributed by atoms with Gasteiger partial charge in [0, 0.05) is 44.1 Å². The van der Waals surface area contributed by atoms with Crippen LogP contribution in [0.25, 0.3) is 55.3 Å². The summed E-state index contributed by atoms with van der Waals surface area (Å²) >= 11 is 0. The molecule has 1 heterocycles. The summed E-state index contributed by atoms with van der Waals surface area (Å²) < 4.78 is 6.61. The van der Waals surface area contributed by atoms with Gasteiger partial charge in [0.25, 0.3) is 0 Å². The Hall–Kier alpha value is -5.86. The fourth-order valence-electron chi connectivity index (χ4n) is 10.1. The highest BCUT2D eigenvalue weighted by atomic mass is 16.3. The Labute approximate surface area is 344 Å². The van der Waals surface area contributed by atoms with Gasteiger partial charge in [0.05, 0.1) is 5.69 Å². The molecule has 0 spiro atoms. The maximum atomic E-state index is 6.61. The van der Waals surface area contributed by atoms with Gasteiger partial charge in [-0.1, -0.05) is 166 Å². The van der Waals surface area contributed by atoms with Crippen LogP contribution in [-0.2, 0) is 21.7 Å². The molecule has 0 atom stereocenters. The van der Waals surface area contributed by atoms with Crippen molar-refractivity contribution >= 4 is 39.0 Å². The number of furan rings is 1. The monoisotopic (exact) mass is 755 g/mol. The zero-order chi connectivity index (χ0) is 40.5. The fourth-order valence-corrected chi connectivity index (χ4v) is 10.1. The smallest absolute Gasteiger partial charge is 0.139 e. The molecular formula is C56H53NO. The van der Waals surface area contributed by atoms with Crippen LogP contribution in [0, 0.1) is 0 Å². The van der Waals surface area contributed by atoms with Gasteiger partial charge in [0.15, 0.2) is 0 Å². The van der Waals surface area contributed by atoms with E-state index in [0.29, 0.717) is 0 Å². The first-order valence-corrected chi connectivity index (χ1v) is 20.9. The number of fused-ring (bicyclic) bond motifs is 9.